The molecule has 4 N–H and O–H groups in total. The number of nitrogen functional groups attached to an aromatic ring is 1. The van der Waals surface area contributed by atoms with E-state index < -0.39 is 11.7 Å². The first-order valence-electron chi connectivity index (χ1n) is 9.55. The van der Waals surface area contributed by atoms with Gasteiger partial charge in [0.25, 0.3) is 0 Å². The number of nitrogens with two attached hydrogens (primary N) is 1. The van der Waals surface area contributed by atoms with Crippen LogP contribution in [0.5, 0.6) is 0 Å². The molecule has 0 aliphatic carbocycles. The third-order valence-electron chi connectivity index (χ3n) is 5.52. The highest BCUT2D eigenvalue weighted by atomic mass is 19.4. The van der Waals surface area contributed by atoms with Gasteiger partial charge in [0.05, 0.1) is 22.7 Å². The van der Waals surface area contributed by atoms with Crippen molar-refractivity contribution in [3.63, 3.8) is 0 Å². The lowest BCUT2D eigenvalue weighted by Gasteiger charge is -2.34. The molecule has 0 spiro atoms. The summed E-state index contributed by atoms with van der Waals surface area (Å²) in [5.41, 5.74) is 7.48. The van der Waals surface area contributed by atoms with Gasteiger partial charge in [-0.1, -0.05) is 12.1 Å². The molecule has 1 aromatic heterocycles. The zero-order chi connectivity index (χ0) is 20.6. The maximum absolute atomic E-state index is 13.3. The van der Waals surface area contributed by atoms with Crippen molar-refractivity contribution in [2.45, 2.75) is 25.2 Å². The maximum Gasteiger partial charge on any atom is 0.416 e. The zero-order valence-electron chi connectivity index (χ0n) is 16.0. The van der Waals surface area contributed by atoms with Crippen LogP contribution in [0.4, 0.5) is 19.1 Å². The largest absolute Gasteiger partial charge is 0.416 e. The summed E-state index contributed by atoms with van der Waals surface area (Å²) in [5, 5.41) is 6.86. The minimum atomic E-state index is -4.41. The molecule has 9 heteroatoms. The fraction of sp³-hybridized carbons (Fsp3) is 0.400. The summed E-state index contributed by atoms with van der Waals surface area (Å²) in [5.74, 6) is 0.479. The van der Waals surface area contributed by atoms with Crippen LogP contribution in [0.25, 0.3) is 11.4 Å². The Bertz CT molecular complexity index is 920. The highest BCUT2D eigenvalue weighted by molar-refractivity contribution is 5.90. The highest BCUT2D eigenvalue weighted by Gasteiger charge is 2.37. The van der Waals surface area contributed by atoms with Crippen molar-refractivity contribution in [3.05, 3.63) is 53.3 Å². The van der Waals surface area contributed by atoms with E-state index in [1.807, 2.05) is 11.9 Å². The number of piperidine rings is 1. The van der Waals surface area contributed by atoms with Crippen molar-refractivity contribution in [2.75, 3.05) is 25.9 Å². The molecular weight excluding hydrogens is 381 g/mol. The van der Waals surface area contributed by atoms with Crippen LogP contribution < -0.4 is 16.4 Å². The van der Waals surface area contributed by atoms with Crippen LogP contribution in [0, 0.1) is 5.92 Å². The number of alkyl halides is 3. The lowest BCUT2D eigenvalue weighted by Crippen LogP contribution is -2.45. The zero-order valence-corrected chi connectivity index (χ0v) is 16.0. The first-order chi connectivity index (χ1) is 13.8. The molecule has 0 saturated carbocycles. The Labute approximate surface area is 167 Å². The second-order valence-corrected chi connectivity index (χ2v) is 7.39. The first kappa shape index (κ1) is 19.5. The van der Waals surface area contributed by atoms with Gasteiger partial charge in [0.15, 0.2) is 0 Å². The molecule has 0 bridgehead atoms. The van der Waals surface area contributed by atoms with Crippen LogP contribution in [-0.4, -0.2) is 41.2 Å². The molecule has 0 amide bonds. The minimum Gasteiger partial charge on any atom is -0.368 e. The molecular formula is C20H23F3N6. The molecule has 0 radical (unpaired) electrons. The summed E-state index contributed by atoms with van der Waals surface area (Å²) in [6.07, 6.45) is -0.926. The summed E-state index contributed by atoms with van der Waals surface area (Å²) in [4.78, 5) is 10.3. The third kappa shape index (κ3) is 3.87. The van der Waals surface area contributed by atoms with E-state index in [0.717, 1.165) is 32.0 Å². The summed E-state index contributed by atoms with van der Waals surface area (Å²) < 4.78 is 39.9. The number of nitrogens with one attached hydrogen (secondary N) is 2. The Balaban J connectivity index is 1.80. The third-order valence-corrected chi connectivity index (χ3v) is 5.52. The van der Waals surface area contributed by atoms with E-state index in [0.29, 0.717) is 28.6 Å². The topological polar surface area (TPSA) is 79.1 Å². The second kappa shape index (κ2) is 7.55. The number of halogens is 3. The number of hydrogen-bond donors (Lipinski definition) is 3. The molecule has 1 aromatic carbocycles. The van der Waals surface area contributed by atoms with Gasteiger partial charge in [0.1, 0.15) is 6.17 Å². The molecule has 6 nitrogen and oxygen atoms in total. The van der Waals surface area contributed by atoms with E-state index in [-0.39, 0.29) is 12.1 Å². The highest BCUT2D eigenvalue weighted by Crippen LogP contribution is 2.39. The van der Waals surface area contributed by atoms with Gasteiger partial charge in [-0.05, 0) is 44.1 Å². The van der Waals surface area contributed by atoms with Crippen molar-refractivity contribution >= 4 is 17.3 Å². The molecule has 2 aliphatic heterocycles. The van der Waals surface area contributed by atoms with E-state index in [4.69, 9.17) is 5.73 Å². The number of aromatic nitrogens is 2. The molecule has 29 heavy (non-hydrogen) atoms. The Hall–Kier alpha value is -2.81. The van der Waals surface area contributed by atoms with Crippen LogP contribution in [0.15, 0.2) is 36.5 Å². The summed E-state index contributed by atoms with van der Waals surface area (Å²) >= 11 is 0. The van der Waals surface area contributed by atoms with Crippen LogP contribution in [0.1, 0.15) is 29.7 Å². The van der Waals surface area contributed by atoms with Gasteiger partial charge in [0.2, 0.25) is 5.95 Å². The van der Waals surface area contributed by atoms with Gasteiger partial charge < -0.3 is 21.3 Å². The monoisotopic (exact) mass is 404 g/mol. The molecule has 1 fully saturated rings. The molecule has 1 atom stereocenters. The number of anilines is 1. The molecule has 2 aromatic rings. The van der Waals surface area contributed by atoms with E-state index in [1.54, 1.807) is 18.3 Å². The quantitative estimate of drug-likeness (QED) is 0.730. The lowest BCUT2D eigenvalue weighted by molar-refractivity contribution is -0.137. The summed E-state index contributed by atoms with van der Waals surface area (Å²) in [6, 6.07) is 7.10. The van der Waals surface area contributed by atoms with Crippen LogP contribution in [-0.2, 0) is 6.18 Å². The van der Waals surface area contributed by atoms with E-state index in [2.05, 4.69) is 20.6 Å². The maximum atomic E-state index is 13.3. The van der Waals surface area contributed by atoms with Crippen molar-refractivity contribution in [1.82, 2.24) is 25.5 Å². The first-order valence-corrected chi connectivity index (χ1v) is 9.55. The molecule has 1 saturated heterocycles. The second-order valence-electron chi connectivity index (χ2n) is 7.39. The van der Waals surface area contributed by atoms with Gasteiger partial charge in [-0.15, -0.1) is 0 Å². The minimum absolute atomic E-state index is 0.0344. The fourth-order valence-electron chi connectivity index (χ4n) is 4.12. The molecule has 4 rings (SSSR count). The number of rotatable bonds is 3. The number of hydrogen-bond acceptors (Lipinski definition) is 6. The average molecular weight is 404 g/mol. The van der Waals surface area contributed by atoms with Gasteiger partial charge in [0, 0.05) is 24.7 Å². The Morgan fingerprint density at radius 1 is 1.17 bits per heavy atom. The Kier molecular flexibility index (Phi) is 5.08. The van der Waals surface area contributed by atoms with E-state index >= 15 is 0 Å². The Morgan fingerprint density at radius 2 is 1.93 bits per heavy atom. The standard InChI is InChI=1S/C20H23F3N6/c1-29-17(13-3-2-4-14(11-13)20(21,22)23)16(15-7-10-26-19(24)27-15)28-18(29)12-5-8-25-9-6-12/h2-4,7,10-12,18,25,28H,5-6,8-9H2,1H3,(H2,24,26,27). The van der Waals surface area contributed by atoms with Crippen molar-refractivity contribution in [1.29, 1.82) is 0 Å². The van der Waals surface area contributed by atoms with Crippen LogP contribution >= 0.6 is 0 Å². The van der Waals surface area contributed by atoms with Crippen LogP contribution in [0.3, 0.4) is 0 Å². The van der Waals surface area contributed by atoms with Gasteiger partial charge in [-0.25, -0.2) is 9.97 Å². The molecule has 2 aliphatic rings. The summed E-state index contributed by atoms with van der Waals surface area (Å²) in [7, 11) is 1.91. The predicted molar refractivity (Wildman–Crippen MR) is 105 cm³/mol. The van der Waals surface area contributed by atoms with Crippen LogP contribution in [0.2, 0.25) is 0 Å². The van der Waals surface area contributed by atoms with Crippen molar-refractivity contribution < 1.29 is 13.2 Å². The molecule has 1 unspecified atom stereocenters. The van der Waals surface area contributed by atoms with E-state index in [1.165, 1.54) is 12.1 Å². The number of benzene rings is 1. The lowest BCUT2D eigenvalue weighted by atomic mass is 9.94. The van der Waals surface area contributed by atoms with Gasteiger partial charge in [-0.2, -0.15) is 13.2 Å². The predicted octanol–water partition coefficient (Wildman–Crippen LogP) is 2.76. The Morgan fingerprint density at radius 3 is 2.62 bits per heavy atom. The number of nitrogens with zero attached hydrogens (tertiary/aromatic N) is 3. The smallest absolute Gasteiger partial charge is 0.368 e. The molecule has 3 heterocycles. The van der Waals surface area contributed by atoms with Crippen molar-refractivity contribution in [3.8, 4) is 0 Å². The summed E-state index contributed by atoms with van der Waals surface area (Å²) in [6.45, 7) is 1.84. The van der Waals surface area contributed by atoms with Crippen molar-refractivity contribution in [2.24, 2.45) is 5.92 Å². The van der Waals surface area contributed by atoms with E-state index in [9.17, 15) is 13.2 Å². The molecule has 154 valence electrons. The average Bonchev–Trinajstić information content (AvgIpc) is 3.05. The normalized spacial score (nSPS) is 20.8. The SMILES string of the molecule is CN1C(c2cccc(C(F)(F)F)c2)=C(c2ccnc(N)n2)NC1C1CCNCC1. The van der Waals surface area contributed by atoms with Gasteiger partial charge in [-0.3, -0.25) is 0 Å². The van der Waals surface area contributed by atoms with Gasteiger partial charge >= 0.3 is 6.18 Å². The fourth-order valence-corrected chi connectivity index (χ4v) is 4.12.